The van der Waals surface area contributed by atoms with Gasteiger partial charge in [-0.3, -0.25) is 9.59 Å². The van der Waals surface area contributed by atoms with E-state index in [2.05, 4.69) is 24.1 Å². The van der Waals surface area contributed by atoms with Crippen LogP contribution >= 0.6 is 11.6 Å². The molecule has 0 radical (unpaired) electrons. The number of nitrogens with one attached hydrogen (secondary N) is 2. The van der Waals surface area contributed by atoms with Gasteiger partial charge >= 0.3 is 0 Å². The van der Waals surface area contributed by atoms with Gasteiger partial charge in [0.1, 0.15) is 0 Å². The minimum atomic E-state index is -0.233. The van der Waals surface area contributed by atoms with Gasteiger partial charge in [-0.05, 0) is 36.1 Å². The molecule has 0 unspecified atom stereocenters. The van der Waals surface area contributed by atoms with Crippen molar-refractivity contribution < 1.29 is 9.59 Å². The maximum Gasteiger partial charge on any atom is 0.225 e. The molecule has 134 valence electrons. The van der Waals surface area contributed by atoms with Gasteiger partial charge in [-0.2, -0.15) is 0 Å². The van der Waals surface area contributed by atoms with Crippen LogP contribution in [0.15, 0.2) is 24.4 Å². The zero-order valence-corrected chi connectivity index (χ0v) is 15.4. The van der Waals surface area contributed by atoms with E-state index in [1.807, 2.05) is 24.4 Å². The zero-order chi connectivity index (χ0) is 18.0. The number of likely N-dealkylation sites (tertiary alicyclic amines) is 1. The van der Waals surface area contributed by atoms with Gasteiger partial charge in [0, 0.05) is 48.2 Å². The molecule has 1 aromatic carbocycles. The first-order valence-corrected chi connectivity index (χ1v) is 9.13. The summed E-state index contributed by atoms with van der Waals surface area (Å²) in [5.74, 6) is 0.223. The van der Waals surface area contributed by atoms with Crippen LogP contribution in [0.3, 0.4) is 0 Å². The maximum absolute atomic E-state index is 12.2. The summed E-state index contributed by atoms with van der Waals surface area (Å²) in [6.07, 6.45) is 3.02. The van der Waals surface area contributed by atoms with Crippen LogP contribution in [-0.4, -0.2) is 41.3 Å². The molecule has 2 N–H and O–H groups in total. The lowest BCUT2D eigenvalue weighted by Gasteiger charge is -2.16. The predicted octanol–water partition coefficient (Wildman–Crippen LogP) is 2.98. The Hall–Kier alpha value is -2.01. The molecule has 3 rings (SSSR count). The van der Waals surface area contributed by atoms with E-state index in [1.54, 1.807) is 4.90 Å². The summed E-state index contributed by atoms with van der Waals surface area (Å²) in [6.45, 7) is 5.89. The number of fused-ring (bicyclic) bond motifs is 1. The van der Waals surface area contributed by atoms with Gasteiger partial charge in [-0.15, -0.1) is 0 Å². The fraction of sp³-hybridized carbons (Fsp3) is 0.474. The minimum absolute atomic E-state index is 0.0107. The van der Waals surface area contributed by atoms with Crippen LogP contribution in [0.2, 0.25) is 5.02 Å². The standard InChI is InChI=1S/C19H24ClN3O2/c1-12(2)9-22-19(25)14-7-18(24)23(11-14)6-5-13-10-21-17-4-3-15(20)8-16(13)17/h3-4,8,10,12,14,21H,5-7,9,11H2,1-2H3,(H,22,25)/t14-/m1/s1. The largest absolute Gasteiger partial charge is 0.361 e. The van der Waals surface area contributed by atoms with E-state index < -0.39 is 0 Å². The minimum Gasteiger partial charge on any atom is -0.361 e. The van der Waals surface area contributed by atoms with Gasteiger partial charge in [0.15, 0.2) is 0 Å². The topological polar surface area (TPSA) is 65.2 Å². The van der Waals surface area contributed by atoms with Crippen molar-refractivity contribution in [3.8, 4) is 0 Å². The quantitative estimate of drug-likeness (QED) is 0.830. The Morgan fingerprint density at radius 1 is 1.44 bits per heavy atom. The number of benzene rings is 1. The molecule has 2 aromatic rings. The van der Waals surface area contributed by atoms with Gasteiger partial charge in [0.25, 0.3) is 0 Å². The van der Waals surface area contributed by atoms with E-state index in [1.165, 1.54) is 0 Å². The van der Waals surface area contributed by atoms with Gasteiger partial charge in [0.05, 0.1) is 5.92 Å². The third kappa shape index (κ3) is 4.15. The molecule has 1 atom stereocenters. The lowest BCUT2D eigenvalue weighted by Crippen LogP contribution is -2.35. The average Bonchev–Trinajstić information content (AvgIpc) is 3.14. The second-order valence-electron chi connectivity index (χ2n) is 7.13. The monoisotopic (exact) mass is 361 g/mol. The first-order chi connectivity index (χ1) is 11.9. The van der Waals surface area contributed by atoms with E-state index in [-0.39, 0.29) is 17.7 Å². The molecule has 6 heteroatoms. The molecule has 1 aliphatic heterocycles. The number of aromatic nitrogens is 1. The molecule has 5 nitrogen and oxygen atoms in total. The van der Waals surface area contributed by atoms with Gasteiger partial charge in [-0.1, -0.05) is 25.4 Å². The third-order valence-corrected chi connectivity index (χ3v) is 4.89. The number of aromatic amines is 1. The summed E-state index contributed by atoms with van der Waals surface area (Å²) >= 11 is 6.08. The van der Waals surface area contributed by atoms with Crippen molar-refractivity contribution in [2.75, 3.05) is 19.6 Å². The fourth-order valence-corrected chi connectivity index (χ4v) is 3.40. The molecule has 2 heterocycles. The van der Waals surface area contributed by atoms with Crippen LogP contribution in [0.5, 0.6) is 0 Å². The average molecular weight is 362 g/mol. The Morgan fingerprint density at radius 3 is 3.00 bits per heavy atom. The molecule has 1 saturated heterocycles. The predicted molar refractivity (Wildman–Crippen MR) is 99.5 cm³/mol. The number of halogens is 1. The number of carbonyl (C=O) groups excluding carboxylic acids is 2. The van der Waals surface area contributed by atoms with E-state index in [9.17, 15) is 9.59 Å². The van der Waals surface area contributed by atoms with Crippen molar-refractivity contribution in [1.29, 1.82) is 0 Å². The maximum atomic E-state index is 12.2. The molecule has 2 amide bonds. The Morgan fingerprint density at radius 2 is 2.24 bits per heavy atom. The smallest absolute Gasteiger partial charge is 0.225 e. The molecule has 25 heavy (non-hydrogen) atoms. The molecule has 1 aliphatic rings. The van der Waals surface area contributed by atoms with Crippen molar-refractivity contribution in [2.45, 2.75) is 26.7 Å². The number of hydrogen-bond acceptors (Lipinski definition) is 2. The number of rotatable bonds is 6. The van der Waals surface area contributed by atoms with Crippen molar-refractivity contribution in [3.63, 3.8) is 0 Å². The number of nitrogens with zero attached hydrogens (tertiary/aromatic N) is 1. The highest BCUT2D eigenvalue weighted by molar-refractivity contribution is 6.31. The lowest BCUT2D eigenvalue weighted by molar-refractivity contribution is -0.129. The molecular weight excluding hydrogens is 338 g/mol. The van der Waals surface area contributed by atoms with Gasteiger partial charge in [0.2, 0.25) is 11.8 Å². The summed E-state index contributed by atoms with van der Waals surface area (Å²) < 4.78 is 0. The Kier molecular flexibility index (Phi) is 5.33. The SMILES string of the molecule is CC(C)CNC(=O)[C@@H]1CC(=O)N(CCc2c[nH]c3ccc(Cl)cc23)C1. The van der Waals surface area contributed by atoms with E-state index in [4.69, 9.17) is 11.6 Å². The molecule has 0 bridgehead atoms. The third-order valence-electron chi connectivity index (χ3n) is 4.65. The van der Waals surface area contributed by atoms with E-state index >= 15 is 0 Å². The van der Waals surface area contributed by atoms with Crippen LogP contribution in [0.1, 0.15) is 25.8 Å². The van der Waals surface area contributed by atoms with E-state index in [0.717, 1.165) is 22.9 Å². The fourth-order valence-electron chi connectivity index (χ4n) is 3.23. The van der Waals surface area contributed by atoms with Crippen molar-refractivity contribution in [3.05, 3.63) is 35.0 Å². The highest BCUT2D eigenvalue weighted by Crippen LogP contribution is 2.24. The molecule has 0 aliphatic carbocycles. The molecule has 0 saturated carbocycles. The van der Waals surface area contributed by atoms with Gasteiger partial charge in [-0.25, -0.2) is 0 Å². The summed E-state index contributed by atoms with van der Waals surface area (Å²) in [4.78, 5) is 29.4. The van der Waals surface area contributed by atoms with Gasteiger partial charge < -0.3 is 15.2 Å². The van der Waals surface area contributed by atoms with Crippen LogP contribution in [0.4, 0.5) is 0 Å². The van der Waals surface area contributed by atoms with Crippen molar-refractivity contribution >= 4 is 34.3 Å². The van der Waals surface area contributed by atoms with Crippen LogP contribution in [0, 0.1) is 11.8 Å². The van der Waals surface area contributed by atoms with Crippen molar-refractivity contribution in [1.82, 2.24) is 15.2 Å². The molecule has 0 spiro atoms. The highest BCUT2D eigenvalue weighted by atomic mass is 35.5. The number of amides is 2. The Balaban J connectivity index is 1.59. The van der Waals surface area contributed by atoms with E-state index in [0.29, 0.717) is 37.0 Å². The second kappa shape index (κ2) is 7.48. The normalized spacial score (nSPS) is 17.7. The van der Waals surface area contributed by atoms with Crippen LogP contribution in [0.25, 0.3) is 10.9 Å². The lowest BCUT2D eigenvalue weighted by atomic mass is 10.1. The number of hydrogen-bond donors (Lipinski definition) is 2. The first kappa shape index (κ1) is 17.8. The zero-order valence-electron chi connectivity index (χ0n) is 14.6. The summed E-state index contributed by atoms with van der Waals surface area (Å²) in [5.41, 5.74) is 2.18. The number of H-pyrrole nitrogens is 1. The Bertz CT molecular complexity index is 784. The highest BCUT2D eigenvalue weighted by Gasteiger charge is 2.33. The van der Waals surface area contributed by atoms with Crippen LogP contribution in [-0.2, 0) is 16.0 Å². The molecular formula is C19H24ClN3O2. The summed E-state index contributed by atoms with van der Waals surface area (Å²) in [6, 6.07) is 5.75. The first-order valence-electron chi connectivity index (χ1n) is 8.75. The second-order valence-corrected chi connectivity index (χ2v) is 7.57. The Labute approximate surface area is 152 Å². The molecule has 1 fully saturated rings. The number of carbonyl (C=O) groups is 2. The van der Waals surface area contributed by atoms with Crippen molar-refractivity contribution in [2.24, 2.45) is 11.8 Å². The van der Waals surface area contributed by atoms with Crippen LogP contribution < -0.4 is 5.32 Å². The summed E-state index contributed by atoms with van der Waals surface area (Å²) in [7, 11) is 0. The summed E-state index contributed by atoms with van der Waals surface area (Å²) in [5, 5.41) is 4.72. The molecule has 1 aromatic heterocycles.